The predicted octanol–water partition coefficient (Wildman–Crippen LogP) is 2.64. The normalized spacial score (nSPS) is 34.9. The van der Waals surface area contributed by atoms with Crippen molar-refractivity contribution in [3.63, 3.8) is 0 Å². The molecule has 0 aliphatic heterocycles. The van der Waals surface area contributed by atoms with Crippen LogP contribution in [0.15, 0.2) is 11.6 Å². The van der Waals surface area contributed by atoms with E-state index in [1.807, 2.05) is 6.26 Å². The molecule has 0 spiro atoms. The number of thioether (sulfide) groups is 1. The van der Waals surface area contributed by atoms with E-state index in [1.165, 1.54) is 11.8 Å². The minimum atomic E-state index is -1.82. The molecule has 0 bridgehead atoms. The summed E-state index contributed by atoms with van der Waals surface area (Å²) in [6.07, 6.45) is 6.49. The monoisotopic (exact) mass is 591 g/mol. The summed E-state index contributed by atoms with van der Waals surface area (Å²) < 4.78 is 5.13. The van der Waals surface area contributed by atoms with Crippen molar-refractivity contribution in [1.82, 2.24) is 5.32 Å². The average molecular weight is 592 g/mol. The number of carboxylic acid groups (broad SMARTS) is 1. The zero-order valence-electron chi connectivity index (χ0n) is 24.0. The van der Waals surface area contributed by atoms with Crippen molar-refractivity contribution in [3.05, 3.63) is 11.6 Å². The van der Waals surface area contributed by atoms with Gasteiger partial charge in [0.25, 0.3) is 0 Å². The lowest BCUT2D eigenvalue weighted by atomic mass is 9.46. The van der Waals surface area contributed by atoms with E-state index in [-0.39, 0.29) is 66.8 Å². The van der Waals surface area contributed by atoms with Crippen molar-refractivity contribution in [2.45, 2.75) is 89.7 Å². The first-order valence-electron chi connectivity index (χ1n) is 14.5. The van der Waals surface area contributed by atoms with Crippen LogP contribution < -0.4 is 5.32 Å². The van der Waals surface area contributed by atoms with Gasteiger partial charge in [-0.2, -0.15) is 11.8 Å². The van der Waals surface area contributed by atoms with Crippen molar-refractivity contribution in [1.29, 1.82) is 0 Å². The Morgan fingerprint density at radius 1 is 1.12 bits per heavy atom. The van der Waals surface area contributed by atoms with Gasteiger partial charge in [-0.05, 0) is 73.9 Å². The van der Waals surface area contributed by atoms with Gasteiger partial charge in [-0.25, -0.2) is 4.79 Å². The van der Waals surface area contributed by atoms with Gasteiger partial charge < -0.3 is 20.3 Å². The number of carbonyl (C=O) groups is 6. The Balaban J connectivity index is 1.36. The number of aliphatic carboxylic acids is 1. The van der Waals surface area contributed by atoms with Crippen LogP contribution in [-0.4, -0.2) is 75.7 Å². The van der Waals surface area contributed by atoms with Crippen molar-refractivity contribution >= 4 is 47.0 Å². The summed E-state index contributed by atoms with van der Waals surface area (Å²) in [5.74, 6) is -2.83. The van der Waals surface area contributed by atoms with E-state index in [0.717, 1.165) is 18.4 Å². The minimum absolute atomic E-state index is 0.00466. The molecule has 11 heteroatoms. The molecule has 1 amide bonds. The third-order valence-corrected chi connectivity index (χ3v) is 11.1. The average Bonchev–Trinajstić information content (AvgIpc) is 3.19. The first kappa shape index (κ1) is 31.4. The molecule has 4 rings (SSSR count). The van der Waals surface area contributed by atoms with Gasteiger partial charge in [-0.3, -0.25) is 24.0 Å². The number of hydrogen-bond donors (Lipinski definition) is 3. The highest BCUT2D eigenvalue weighted by molar-refractivity contribution is 7.98. The maximum absolute atomic E-state index is 13.7. The maximum Gasteiger partial charge on any atom is 0.326 e. The summed E-state index contributed by atoms with van der Waals surface area (Å²) in [5, 5.41) is 23.4. The molecule has 0 saturated heterocycles. The SMILES string of the molecule is CSCC[C@H](NC(=O)CCC(=O)OCC(=O)[C@@]1(O)CC[C@@H]2[C@@H]3CCC4=CC(=O)CC[C@]4(C)[C@H]3C(=O)C[C@@]21C)C(=O)O. The van der Waals surface area contributed by atoms with E-state index in [9.17, 15) is 39.0 Å². The fourth-order valence-electron chi connectivity index (χ4n) is 8.16. The molecule has 4 aliphatic carbocycles. The number of ketones is 3. The van der Waals surface area contributed by atoms with Crippen LogP contribution in [-0.2, 0) is 33.5 Å². The molecule has 3 fully saturated rings. The highest BCUT2D eigenvalue weighted by Gasteiger charge is 2.68. The Kier molecular flexibility index (Phi) is 9.18. The summed E-state index contributed by atoms with van der Waals surface area (Å²) in [5.41, 5.74) is -2.13. The molecular weight excluding hydrogens is 550 g/mol. The molecule has 41 heavy (non-hydrogen) atoms. The van der Waals surface area contributed by atoms with Crippen LogP contribution in [0, 0.1) is 28.6 Å². The van der Waals surface area contributed by atoms with Crippen LogP contribution in [0.4, 0.5) is 0 Å². The molecule has 0 aromatic heterocycles. The number of nitrogens with one attached hydrogen (secondary N) is 1. The van der Waals surface area contributed by atoms with Crippen LogP contribution in [0.5, 0.6) is 0 Å². The van der Waals surface area contributed by atoms with Gasteiger partial charge in [0.15, 0.2) is 12.4 Å². The Hall–Kier alpha value is -2.53. The summed E-state index contributed by atoms with van der Waals surface area (Å²) in [6, 6.07) is -1.05. The summed E-state index contributed by atoms with van der Waals surface area (Å²) in [6.45, 7) is 3.22. The molecule has 0 aromatic carbocycles. The van der Waals surface area contributed by atoms with E-state index in [1.54, 1.807) is 13.0 Å². The number of fused-ring (bicyclic) bond motifs is 5. The first-order valence-corrected chi connectivity index (χ1v) is 15.8. The molecule has 0 radical (unpaired) electrons. The maximum atomic E-state index is 13.7. The predicted molar refractivity (Wildman–Crippen MR) is 150 cm³/mol. The lowest BCUT2D eigenvalue weighted by Gasteiger charge is -2.57. The highest BCUT2D eigenvalue weighted by atomic mass is 32.2. The largest absolute Gasteiger partial charge is 0.480 e. The number of Topliss-reactive ketones (excluding diaryl/α,β-unsaturated/α-hetero) is 2. The molecular formula is C30H41NO9S. The van der Waals surface area contributed by atoms with E-state index >= 15 is 0 Å². The van der Waals surface area contributed by atoms with Gasteiger partial charge in [-0.1, -0.05) is 19.4 Å². The molecule has 226 valence electrons. The van der Waals surface area contributed by atoms with Crippen LogP contribution in [0.3, 0.4) is 0 Å². The zero-order valence-corrected chi connectivity index (χ0v) is 24.8. The van der Waals surface area contributed by atoms with Crippen LogP contribution >= 0.6 is 11.8 Å². The Morgan fingerprint density at radius 3 is 2.54 bits per heavy atom. The van der Waals surface area contributed by atoms with E-state index < -0.39 is 47.3 Å². The van der Waals surface area contributed by atoms with E-state index in [4.69, 9.17) is 4.74 Å². The fourth-order valence-corrected chi connectivity index (χ4v) is 8.63. The number of esters is 1. The number of allylic oxidation sites excluding steroid dienone is 1. The van der Waals surface area contributed by atoms with Gasteiger partial charge >= 0.3 is 11.9 Å². The van der Waals surface area contributed by atoms with E-state index in [0.29, 0.717) is 25.0 Å². The summed E-state index contributed by atoms with van der Waals surface area (Å²) in [4.78, 5) is 74.9. The van der Waals surface area contributed by atoms with Gasteiger partial charge in [-0.15, -0.1) is 0 Å². The number of ether oxygens (including phenoxy) is 1. The molecule has 3 saturated carbocycles. The third kappa shape index (κ3) is 5.76. The molecule has 3 N–H and O–H groups in total. The summed E-state index contributed by atoms with van der Waals surface area (Å²) in [7, 11) is 0. The number of amides is 1. The molecule has 0 unspecified atom stereocenters. The second kappa shape index (κ2) is 12.0. The smallest absolute Gasteiger partial charge is 0.326 e. The highest BCUT2D eigenvalue weighted by Crippen LogP contribution is 2.66. The van der Waals surface area contributed by atoms with Gasteiger partial charge in [0.05, 0.1) is 6.42 Å². The van der Waals surface area contributed by atoms with Crippen molar-refractivity contribution < 1.29 is 43.7 Å². The Labute approximate surface area is 244 Å². The molecule has 0 aromatic rings. The third-order valence-electron chi connectivity index (χ3n) is 10.4. The number of rotatable bonds is 11. The van der Waals surface area contributed by atoms with Crippen LogP contribution in [0.2, 0.25) is 0 Å². The second-order valence-electron chi connectivity index (χ2n) is 12.6. The Morgan fingerprint density at radius 2 is 1.85 bits per heavy atom. The minimum Gasteiger partial charge on any atom is -0.480 e. The van der Waals surface area contributed by atoms with Gasteiger partial charge in [0.2, 0.25) is 11.7 Å². The number of aliphatic hydroxyl groups is 1. The first-order chi connectivity index (χ1) is 19.3. The molecule has 7 atom stereocenters. The number of carbonyl (C=O) groups excluding carboxylic acids is 5. The number of hydrogen-bond acceptors (Lipinski definition) is 9. The molecule has 4 aliphatic rings. The topological polar surface area (TPSA) is 164 Å². The number of carboxylic acids is 1. The Bertz CT molecular complexity index is 1170. The fraction of sp³-hybridized carbons (Fsp3) is 0.733. The van der Waals surface area contributed by atoms with Gasteiger partial charge in [0, 0.05) is 30.6 Å². The van der Waals surface area contributed by atoms with Gasteiger partial charge in [0.1, 0.15) is 17.4 Å². The van der Waals surface area contributed by atoms with Crippen LogP contribution in [0.1, 0.15) is 78.1 Å². The summed E-state index contributed by atoms with van der Waals surface area (Å²) >= 11 is 1.46. The molecule has 10 nitrogen and oxygen atoms in total. The van der Waals surface area contributed by atoms with Crippen molar-refractivity contribution in [3.8, 4) is 0 Å². The second-order valence-corrected chi connectivity index (χ2v) is 13.6. The zero-order chi connectivity index (χ0) is 30.2. The lowest BCUT2D eigenvalue weighted by molar-refractivity contribution is -0.173. The van der Waals surface area contributed by atoms with Crippen molar-refractivity contribution in [2.75, 3.05) is 18.6 Å². The van der Waals surface area contributed by atoms with Crippen LogP contribution in [0.25, 0.3) is 0 Å². The quantitative estimate of drug-likeness (QED) is 0.304. The van der Waals surface area contributed by atoms with Crippen molar-refractivity contribution in [2.24, 2.45) is 28.6 Å². The van der Waals surface area contributed by atoms with E-state index in [2.05, 4.69) is 12.2 Å². The lowest BCUT2D eigenvalue weighted by Crippen LogP contribution is -2.61. The standard InChI is InChI=1S/C30H41NO9S/c1-28-11-8-18(32)14-17(28)4-5-19-20-9-12-30(39,29(20,2)15-22(33)26(19)28)23(34)16-40-25(36)7-6-24(35)31-21(27(37)38)10-13-41-3/h14,19-21,26,39H,4-13,15-16H2,1-3H3,(H,31,35)(H,37,38)/t19-,20+,21-,26+,28-,29-,30-/m0/s1. The molecule has 0 heterocycles.